The zero-order valence-electron chi connectivity index (χ0n) is 16.2. The average molecular weight is 389 g/mol. The molecule has 0 saturated heterocycles. The van der Waals surface area contributed by atoms with Gasteiger partial charge >= 0.3 is 5.97 Å². The fourth-order valence-electron chi connectivity index (χ4n) is 2.89. The van der Waals surface area contributed by atoms with Crippen molar-refractivity contribution < 1.29 is 19.5 Å². The van der Waals surface area contributed by atoms with Crippen LogP contribution in [0.1, 0.15) is 23.1 Å². The number of ether oxygens (including phenoxy) is 1. The van der Waals surface area contributed by atoms with Gasteiger partial charge in [0.15, 0.2) is 0 Å². The lowest BCUT2D eigenvalue weighted by Crippen LogP contribution is -2.07. The van der Waals surface area contributed by atoms with Gasteiger partial charge in [-0.25, -0.2) is 0 Å². The van der Waals surface area contributed by atoms with Crippen LogP contribution in [-0.4, -0.2) is 24.1 Å². The highest BCUT2D eigenvalue weighted by molar-refractivity contribution is 5.93. The number of benzene rings is 3. The number of hydrogen-bond acceptors (Lipinski definition) is 4. The minimum Gasteiger partial charge on any atom is -0.481 e. The Kier molecular flexibility index (Phi) is 7.00. The minimum atomic E-state index is -0.780. The molecular weight excluding hydrogens is 366 g/mol. The van der Waals surface area contributed by atoms with Gasteiger partial charge in [-0.1, -0.05) is 66.7 Å². The molecular formula is C24H23NO4. The van der Waals surface area contributed by atoms with Gasteiger partial charge < -0.3 is 14.7 Å². The van der Waals surface area contributed by atoms with E-state index in [2.05, 4.69) is 5.16 Å². The smallest absolute Gasteiger partial charge is 0.303 e. The fourth-order valence-corrected chi connectivity index (χ4v) is 2.89. The molecule has 0 saturated carbocycles. The van der Waals surface area contributed by atoms with E-state index in [1.165, 1.54) is 7.11 Å². The highest BCUT2D eigenvalue weighted by Gasteiger charge is 2.07. The lowest BCUT2D eigenvalue weighted by atomic mass is 10.0. The van der Waals surface area contributed by atoms with Crippen molar-refractivity contribution in [1.82, 2.24) is 0 Å². The Labute approximate surface area is 170 Å². The minimum absolute atomic E-state index is 0.144. The Morgan fingerprint density at radius 3 is 2.00 bits per heavy atom. The molecule has 0 spiro atoms. The number of aryl methyl sites for hydroxylation is 1. The SMILES string of the molecule is CO/N=C(\OCc1ccc(-c2ccc(CCC(=O)O)cc2)cc1)c1ccccc1. The van der Waals surface area contributed by atoms with Crippen molar-refractivity contribution in [1.29, 1.82) is 0 Å². The Bertz CT molecular complexity index is 948. The van der Waals surface area contributed by atoms with Crippen molar-refractivity contribution in [2.75, 3.05) is 7.11 Å². The lowest BCUT2D eigenvalue weighted by molar-refractivity contribution is -0.136. The molecule has 0 fully saturated rings. The second kappa shape index (κ2) is 10.1. The summed E-state index contributed by atoms with van der Waals surface area (Å²) in [6.45, 7) is 0.380. The van der Waals surface area contributed by atoms with Crippen LogP contribution in [0.15, 0.2) is 84.0 Å². The van der Waals surface area contributed by atoms with Gasteiger partial charge in [0.1, 0.15) is 13.7 Å². The quantitative estimate of drug-likeness (QED) is 0.338. The van der Waals surface area contributed by atoms with Gasteiger partial charge in [-0.15, -0.1) is 0 Å². The maximum atomic E-state index is 10.7. The molecule has 5 heteroatoms. The van der Waals surface area contributed by atoms with Crippen LogP contribution < -0.4 is 0 Å². The number of nitrogens with zero attached hydrogens (tertiary/aromatic N) is 1. The maximum absolute atomic E-state index is 10.7. The molecule has 5 nitrogen and oxygen atoms in total. The van der Waals surface area contributed by atoms with Crippen LogP contribution in [0.2, 0.25) is 0 Å². The number of rotatable bonds is 8. The molecule has 0 aliphatic carbocycles. The number of carboxylic acids is 1. The summed E-state index contributed by atoms with van der Waals surface area (Å²) in [5, 5.41) is 12.7. The van der Waals surface area contributed by atoms with Crippen molar-refractivity contribution >= 4 is 11.9 Å². The number of carbonyl (C=O) groups is 1. The second-order valence-corrected chi connectivity index (χ2v) is 6.52. The highest BCUT2D eigenvalue weighted by atomic mass is 16.6. The first-order valence-corrected chi connectivity index (χ1v) is 9.35. The largest absolute Gasteiger partial charge is 0.481 e. The summed E-state index contributed by atoms with van der Waals surface area (Å²) in [6, 6.07) is 25.7. The molecule has 0 amide bonds. The van der Waals surface area contributed by atoms with E-state index in [0.29, 0.717) is 18.9 Å². The normalized spacial score (nSPS) is 11.1. The predicted octanol–water partition coefficient (Wildman–Crippen LogP) is 4.90. The van der Waals surface area contributed by atoms with E-state index in [1.54, 1.807) is 0 Å². The first kappa shape index (κ1) is 20.1. The summed E-state index contributed by atoms with van der Waals surface area (Å²) in [4.78, 5) is 15.6. The average Bonchev–Trinajstić information content (AvgIpc) is 2.76. The van der Waals surface area contributed by atoms with Crippen LogP contribution in [0.25, 0.3) is 11.1 Å². The molecule has 3 rings (SSSR count). The Hall–Kier alpha value is -3.60. The van der Waals surface area contributed by atoms with Crippen molar-refractivity contribution in [3.8, 4) is 11.1 Å². The molecule has 0 aromatic heterocycles. The maximum Gasteiger partial charge on any atom is 0.303 e. The Morgan fingerprint density at radius 2 is 1.45 bits per heavy atom. The molecule has 3 aromatic carbocycles. The molecule has 0 atom stereocenters. The summed E-state index contributed by atoms with van der Waals surface area (Å²) < 4.78 is 5.84. The van der Waals surface area contributed by atoms with Gasteiger partial charge in [-0.2, -0.15) is 0 Å². The Balaban J connectivity index is 1.62. The molecule has 3 aromatic rings. The zero-order valence-corrected chi connectivity index (χ0v) is 16.2. The third-order valence-corrected chi connectivity index (χ3v) is 4.44. The van der Waals surface area contributed by atoms with Crippen LogP contribution in [0.3, 0.4) is 0 Å². The molecule has 0 bridgehead atoms. The summed E-state index contributed by atoms with van der Waals surface area (Å²) in [7, 11) is 1.49. The molecule has 0 unspecified atom stereocenters. The van der Waals surface area contributed by atoms with Crippen LogP contribution in [0, 0.1) is 0 Å². The number of aliphatic carboxylic acids is 1. The van der Waals surface area contributed by atoms with Crippen LogP contribution >= 0.6 is 0 Å². The van der Waals surface area contributed by atoms with Gasteiger partial charge in [-0.05, 0) is 46.0 Å². The monoisotopic (exact) mass is 389 g/mol. The summed E-state index contributed by atoms with van der Waals surface area (Å²) in [5.41, 5.74) is 5.07. The molecule has 0 heterocycles. The molecule has 1 N–H and O–H groups in total. The third kappa shape index (κ3) is 5.94. The summed E-state index contributed by atoms with van der Waals surface area (Å²) in [5.74, 6) is -0.341. The number of oxime groups is 1. The van der Waals surface area contributed by atoms with Crippen molar-refractivity contribution in [2.45, 2.75) is 19.4 Å². The van der Waals surface area contributed by atoms with Crippen LogP contribution in [0.4, 0.5) is 0 Å². The van der Waals surface area contributed by atoms with Crippen molar-refractivity contribution in [3.63, 3.8) is 0 Å². The second-order valence-electron chi connectivity index (χ2n) is 6.52. The van der Waals surface area contributed by atoms with E-state index in [0.717, 1.165) is 27.8 Å². The Morgan fingerprint density at radius 1 is 0.862 bits per heavy atom. The number of carboxylic acid groups (broad SMARTS) is 1. The van der Waals surface area contributed by atoms with Gasteiger partial charge in [0.2, 0.25) is 0 Å². The predicted molar refractivity (Wildman–Crippen MR) is 113 cm³/mol. The topological polar surface area (TPSA) is 68.1 Å². The van der Waals surface area contributed by atoms with E-state index in [4.69, 9.17) is 14.7 Å². The van der Waals surface area contributed by atoms with E-state index < -0.39 is 5.97 Å². The first-order valence-electron chi connectivity index (χ1n) is 9.35. The van der Waals surface area contributed by atoms with Crippen LogP contribution in [0.5, 0.6) is 0 Å². The van der Waals surface area contributed by atoms with Crippen molar-refractivity contribution in [2.24, 2.45) is 5.16 Å². The molecule has 29 heavy (non-hydrogen) atoms. The van der Waals surface area contributed by atoms with E-state index in [9.17, 15) is 4.79 Å². The summed E-state index contributed by atoms with van der Waals surface area (Å²) in [6.07, 6.45) is 0.685. The van der Waals surface area contributed by atoms with Gasteiger partial charge in [0.25, 0.3) is 5.90 Å². The van der Waals surface area contributed by atoms with Crippen LogP contribution in [-0.2, 0) is 27.4 Å². The first-order chi connectivity index (χ1) is 14.2. The molecule has 0 aliphatic heterocycles. The summed E-state index contributed by atoms with van der Waals surface area (Å²) >= 11 is 0. The standard InChI is InChI=1S/C24H23NO4/c1-28-25-24(22-5-3-2-4-6-22)29-17-19-9-14-21(15-10-19)20-12-7-18(8-13-20)11-16-23(26)27/h2-10,12-15H,11,16-17H2,1H3,(H,26,27)/b25-24-. The van der Waals surface area contributed by atoms with E-state index in [-0.39, 0.29) is 6.42 Å². The van der Waals surface area contributed by atoms with Gasteiger partial charge in [0, 0.05) is 12.0 Å². The van der Waals surface area contributed by atoms with Crippen molar-refractivity contribution in [3.05, 3.63) is 95.6 Å². The van der Waals surface area contributed by atoms with E-state index in [1.807, 2.05) is 78.9 Å². The zero-order chi connectivity index (χ0) is 20.5. The van der Waals surface area contributed by atoms with Gasteiger partial charge in [0.05, 0.1) is 0 Å². The molecule has 148 valence electrons. The lowest BCUT2D eigenvalue weighted by Gasteiger charge is -2.10. The number of hydrogen-bond donors (Lipinski definition) is 1. The van der Waals surface area contributed by atoms with E-state index >= 15 is 0 Å². The highest BCUT2D eigenvalue weighted by Crippen LogP contribution is 2.21. The fraction of sp³-hybridized carbons (Fsp3) is 0.167. The third-order valence-electron chi connectivity index (χ3n) is 4.44. The molecule has 0 radical (unpaired) electrons. The molecule has 0 aliphatic rings. The van der Waals surface area contributed by atoms with Gasteiger partial charge in [-0.3, -0.25) is 4.79 Å².